The Morgan fingerprint density at radius 3 is 2.40 bits per heavy atom. The summed E-state index contributed by atoms with van der Waals surface area (Å²) < 4.78 is 0. The van der Waals surface area contributed by atoms with E-state index in [2.05, 4.69) is 36.2 Å². The highest BCUT2D eigenvalue weighted by Gasteiger charge is 2.22. The zero-order valence-electron chi connectivity index (χ0n) is 20.3. The number of nitrogens with two attached hydrogens (primary N) is 1. The number of hydrogen-bond donors (Lipinski definition) is 5. The highest BCUT2D eigenvalue weighted by Crippen LogP contribution is 2.20. The normalized spacial score (nSPS) is 11.0. The fourth-order valence-corrected chi connectivity index (χ4v) is 3.04. The Morgan fingerprint density at radius 1 is 1.00 bits per heavy atom. The SMILES string of the molecule is CCCNc1nc(NCCc2ccncc2)ncc1C(=O)Nc1cccc(NC(=O)C(C)(C)N)c1. The third-order valence-corrected chi connectivity index (χ3v) is 4.99. The van der Waals surface area contributed by atoms with E-state index >= 15 is 0 Å². The molecule has 184 valence electrons. The second-order valence-electron chi connectivity index (χ2n) is 8.63. The Bertz CT molecular complexity index is 1150. The van der Waals surface area contributed by atoms with Crippen molar-refractivity contribution in [2.45, 2.75) is 39.2 Å². The van der Waals surface area contributed by atoms with Crippen molar-refractivity contribution in [3.8, 4) is 0 Å². The molecule has 6 N–H and O–H groups in total. The minimum Gasteiger partial charge on any atom is -0.369 e. The van der Waals surface area contributed by atoms with Gasteiger partial charge in [-0.1, -0.05) is 13.0 Å². The molecule has 0 bridgehead atoms. The summed E-state index contributed by atoms with van der Waals surface area (Å²) in [5.74, 6) is 0.186. The fourth-order valence-electron chi connectivity index (χ4n) is 3.04. The summed E-state index contributed by atoms with van der Waals surface area (Å²) in [6.45, 7) is 6.57. The van der Waals surface area contributed by atoms with Gasteiger partial charge >= 0.3 is 0 Å². The van der Waals surface area contributed by atoms with E-state index in [9.17, 15) is 9.59 Å². The standard InChI is InChI=1S/C25H32N8O2/c1-4-11-28-21-20(16-30-24(33-21)29-14-10-17-8-12-27-13-9-17)22(34)31-18-6-5-7-19(15-18)32-23(35)25(2,3)26/h5-9,12-13,15-16H,4,10-11,14,26H2,1-3H3,(H,31,34)(H,32,35)(H2,28,29,30,33). The van der Waals surface area contributed by atoms with E-state index in [0.717, 1.165) is 18.4 Å². The van der Waals surface area contributed by atoms with Crippen LogP contribution in [0.4, 0.5) is 23.1 Å². The number of nitrogens with one attached hydrogen (secondary N) is 4. The van der Waals surface area contributed by atoms with Gasteiger partial charge in [0.05, 0.1) is 5.54 Å². The van der Waals surface area contributed by atoms with Crippen molar-refractivity contribution >= 4 is 35.0 Å². The maximum atomic E-state index is 13.0. The molecular weight excluding hydrogens is 444 g/mol. The molecule has 0 atom stereocenters. The van der Waals surface area contributed by atoms with Crippen LogP contribution in [-0.4, -0.2) is 45.4 Å². The summed E-state index contributed by atoms with van der Waals surface area (Å²) in [5, 5.41) is 12.0. The predicted octanol–water partition coefficient (Wildman–Crippen LogP) is 3.28. The molecule has 10 heteroatoms. The number of anilines is 4. The van der Waals surface area contributed by atoms with Gasteiger partial charge < -0.3 is 27.0 Å². The van der Waals surface area contributed by atoms with E-state index < -0.39 is 5.54 Å². The van der Waals surface area contributed by atoms with Gasteiger partial charge in [0.1, 0.15) is 11.4 Å². The van der Waals surface area contributed by atoms with Crippen LogP contribution in [0.3, 0.4) is 0 Å². The first-order valence-electron chi connectivity index (χ1n) is 11.5. The number of aromatic nitrogens is 3. The summed E-state index contributed by atoms with van der Waals surface area (Å²) in [6.07, 6.45) is 6.68. The zero-order chi connectivity index (χ0) is 25.3. The van der Waals surface area contributed by atoms with E-state index in [1.165, 1.54) is 6.20 Å². The lowest BCUT2D eigenvalue weighted by molar-refractivity contribution is -0.120. The smallest absolute Gasteiger partial charge is 0.260 e. The maximum Gasteiger partial charge on any atom is 0.260 e. The Morgan fingerprint density at radius 2 is 1.71 bits per heavy atom. The lowest BCUT2D eigenvalue weighted by Crippen LogP contribution is -2.45. The van der Waals surface area contributed by atoms with Crippen LogP contribution in [0.2, 0.25) is 0 Å². The van der Waals surface area contributed by atoms with Gasteiger partial charge in [-0.2, -0.15) is 4.98 Å². The van der Waals surface area contributed by atoms with Gasteiger partial charge in [0, 0.05) is 43.1 Å². The van der Waals surface area contributed by atoms with Crippen LogP contribution in [0.25, 0.3) is 0 Å². The summed E-state index contributed by atoms with van der Waals surface area (Å²) >= 11 is 0. The topological polar surface area (TPSA) is 147 Å². The molecule has 0 aliphatic rings. The number of benzene rings is 1. The molecule has 0 fully saturated rings. The lowest BCUT2D eigenvalue weighted by Gasteiger charge is -2.18. The molecule has 0 spiro atoms. The zero-order valence-corrected chi connectivity index (χ0v) is 20.3. The Balaban J connectivity index is 1.69. The van der Waals surface area contributed by atoms with E-state index in [0.29, 0.717) is 41.8 Å². The summed E-state index contributed by atoms with van der Waals surface area (Å²) in [5.41, 5.74) is 7.33. The predicted molar refractivity (Wildman–Crippen MR) is 139 cm³/mol. The first-order valence-corrected chi connectivity index (χ1v) is 11.5. The van der Waals surface area contributed by atoms with Gasteiger partial charge in [-0.3, -0.25) is 14.6 Å². The average Bonchev–Trinajstić information content (AvgIpc) is 2.83. The molecule has 2 heterocycles. The minimum absolute atomic E-state index is 0.315. The molecule has 2 amide bonds. The van der Waals surface area contributed by atoms with E-state index in [1.807, 2.05) is 19.1 Å². The molecule has 0 aliphatic heterocycles. The van der Waals surface area contributed by atoms with E-state index in [-0.39, 0.29) is 11.8 Å². The van der Waals surface area contributed by atoms with Gasteiger partial charge in [0.2, 0.25) is 11.9 Å². The number of nitrogens with zero attached hydrogens (tertiary/aromatic N) is 3. The third kappa shape index (κ3) is 7.75. The van der Waals surface area contributed by atoms with Crippen LogP contribution in [-0.2, 0) is 11.2 Å². The maximum absolute atomic E-state index is 13.0. The van der Waals surface area contributed by atoms with E-state index in [1.54, 1.807) is 50.5 Å². The molecule has 0 unspecified atom stereocenters. The summed E-state index contributed by atoms with van der Waals surface area (Å²) in [4.78, 5) is 38.1. The molecule has 1 aromatic carbocycles. The quantitative estimate of drug-likeness (QED) is 0.283. The van der Waals surface area contributed by atoms with Crippen molar-refractivity contribution in [3.05, 3.63) is 66.1 Å². The number of amides is 2. The number of pyridine rings is 1. The molecule has 10 nitrogen and oxygen atoms in total. The summed E-state index contributed by atoms with van der Waals surface area (Å²) in [6, 6.07) is 10.8. The first-order chi connectivity index (χ1) is 16.8. The van der Waals surface area contributed by atoms with Crippen LogP contribution >= 0.6 is 0 Å². The van der Waals surface area contributed by atoms with Crippen LogP contribution in [0.1, 0.15) is 43.1 Å². The Hall–Kier alpha value is -4.05. The van der Waals surface area contributed by atoms with Crippen LogP contribution < -0.4 is 27.0 Å². The second kappa shape index (κ2) is 11.9. The summed E-state index contributed by atoms with van der Waals surface area (Å²) in [7, 11) is 0. The Labute approximate surface area is 205 Å². The number of carbonyl (C=O) groups is 2. The largest absolute Gasteiger partial charge is 0.369 e. The van der Waals surface area contributed by atoms with Crippen LogP contribution in [0, 0.1) is 0 Å². The highest BCUT2D eigenvalue weighted by molar-refractivity contribution is 6.07. The Kier molecular flexibility index (Phi) is 8.69. The molecule has 2 aromatic heterocycles. The number of hydrogen-bond acceptors (Lipinski definition) is 8. The molecule has 0 radical (unpaired) electrons. The van der Waals surface area contributed by atoms with Gasteiger partial charge in [-0.15, -0.1) is 0 Å². The van der Waals surface area contributed by atoms with Crippen molar-refractivity contribution in [3.63, 3.8) is 0 Å². The molecule has 3 rings (SSSR count). The molecule has 3 aromatic rings. The van der Waals surface area contributed by atoms with Crippen molar-refractivity contribution in [1.29, 1.82) is 0 Å². The first kappa shape index (κ1) is 25.6. The van der Waals surface area contributed by atoms with Crippen LogP contribution in [0.15, 0.2) is 55.0 Å². The fraction of sp³-hybridized carbons (Fsp3) is 0.320. The van der Waals surface area contributed by atoms with Gasteiger partial charge in [0.25, 0.3) is 5.91 Å². The van der Waals surface area contributed by atoms with Crippen molar-refractivity contribution in [2.24, 2.45) is 5.73 Å². The van der Waals surface area contributed by atoms with Gasteiger partial charge in [-0.05, 0) is 62.6 Å². The highest BCUT2D eigenvalue weighted by atomic mass is 16.2. The molecule has 0 saturated heterocycles. The van der Waals surface area contributed by atoms with Crippen LogP contribution in [0.5, 0.6) is 0 Å². The molecular formula is C25H32N8O2. The number of carbonyl (C=O) groups excluding carboxylic acids is 2. The van der Waals surface area contributed by atoms with Crippen molar-refractivity contribution < 1.29 is 9.59 Å². The molecule has 0 saturated carbocycles. The van der Waals surface area contributed by atoms with Gasteiger partial charge in [-0.25, -0.2) is 4.98 Å². The van der Waals surface area contributed by atoms with E-state index in [4.69, 9.17) is 5.73 Å². The minimum atomic E-state index is -1.02. The number of rotatable bonds is 11. The molecule has 0 aliphatic carbocycles. The molecule has 35 heavy (non-hydrogen) atoms. The monoisotopic (exact) mass is 476 g/mol. The van der Waals surface area contributed by atoms with Crippen molar-refractivity contribution in [1.82, 2.24) is 15.0 Å². The lowest BCUT2D eigenvalue weighted by atomic mass is 10.1. The second-order valence-corrected chi connectivity index (χ2v) is 8.63. The average molecular weight is 477 g/mol. The van der Waals surface area contributed by atoms with Gasteiger partial charge in [0.15, 0.2) is 0 Å². The third-order valence-electron chi connectivity index (χ3n) is 4.99. The van der Waals surface area contributed by atoms with Crippen molar-refractivity contribution in [2.75, 3.05) is 34.4 Å².